The number of hydroxylamine groups is 2. The van der Waals surface area contributed by atoms with Crippen LogP contribution in [0.1, 0.15) is 6.42 Å². The Morgan fingerprint density at radius 3 is 2.30 bits per heavy atom. The summed E-state index contributed by atoms with van der Waals surface area (Å²) in [6, 6.07) is 0. The molecule has 1 saturated heterocycles. The van der Waals surface area contributed by atoms with Crippen LogP contribution in [-0.2, 0) is 9.09 Å². The van der Waals surface area contributed by atoms with Gasteiger partial charge in [0, 0.05) is 6.42 Å². The number of quaternary nitrogens is 1. The minimum Gasteiger partial charge on any atom is -0.626 e. The zero-order valence-corrected chi connectivity index (χ0v) is 6.58. The molecule has 0 aromatic rings. The molecule has 5 nitrogen and oxygen atoms in total. The summed E-state index contributed by atoms with van der Waals surface area (Å²) in [5.41, 5.74) is 0. The van der Waals surface area contributed by atoms with Gasteiger partial charge in [0.15, 0.2) is 0 Å². The highest BCUT2D eigenvalue weighted by Gasteiger charge is 2.45. The highest BCUT2D eigenvalue weighted by molar-refractivity contribution is 7.46. The van der Waals surface area contributed by atoms with Crippen LogP contribution in [0.15, 0.2) is 0 Å². The molecular formula is C4H10NO4P. The zero-order valence-electron chi connectivity index (χ0n) is 5.69. The minimum absolute atomic E-state index is 0.196. The Kier molecular flexibility index (Phi) is 1.87. The van der Waals surface area contributed by atoms with Crippen molar-refractivity contribution in [2.45, 2.75) is 6.42 Å². The summed E-state index contributed by atoms with van der Waals surface area (Å²) in [4.78, 5) is 8.90. The van der Waals surface area contributed by atoms with E-state index in [-0.39, 0.29) is 13.1 Å². The van der Waals surface area contributed by atoms with E-state index in [1.807, 2.05) is 0 Å². The van der Waals surface area contributed by atoms with Crippen molar-refractivity contribution >= 4 is 7.75 Å². The molecule has 10 heavy (non-hydrogen) atoms. The van der Waals surface area contributed by atoms with E-state index >= 15 is 0 Å². The predicted octanol–water partition coefficient (Wildman–Crippen LogP) is 0.451. The summed E-state index contributed by atoms with van der Waals surface area (Å²) in [6.45, 7) is 0.392. The van der Waals surface area contributed by atoms with Gasteiger partial charge in [0.05, 0.1) is 20.2 Å². The topological polar surface area (TPSA) is 69.6 Å². The van der Waals surface area contributed by atoms with E-state index in [1.165, 1.54) is 0 Å². The minimum atomic E-state index is -3.91. The fourth-order valence-corrected chi connectivity index (χ4v) is 1.92. The number of hydrogen-bond donors (Lipinski definition) is 1. The van der Waals surface area contributed by atoms with Crippen molar-refractivity contribution in [2.75, 3.05) is 20.2 Å². The molecule has 1 fully saturated rings. The van der Waals surface area contributed by atoms with Crippen molar-refractivity contribution in [3.63, 3.8) is 0 Å². The van der Waals surface area contributed by atoms with Gasteiger partial charge >= 0.3 is 7.75 Å². The third kappa shape index (κ3) is 1.00. The molecule has 1 N–H and O–H groups in total. The van der Waals surface area contributed by atoms with Gasteiger partial charge in [-0.05, 0) is 0 Å². The van der Waals surface area contributed by atoms with E-state index in [0.29, 0.717) is 6.42 Å². The molecule has 1 unspecified atom stereocenters. The molecule has 1 aliphatic heterocycles. The highest BCUT2D eigenvalue weighted by atomic mass is 31.2. The Bertz CT molecular complexity index is 178. The maximum atomic E-state index is 11.1. The first-order valence-corrected chi connectivity index (χ1v) is 4.52. The molecule has 0 aromatic carbocycles. The van der Waals surface area contributed by atoms with Gasteiger partial charge in [-0.25, -0.2) is 4.57 Å². The Hall–Kier alpha value is 0.0700. The largest absolute Gasteiger partial charge is 0.626 e. The molecule has 1 rings (SSSR count). The molecule has 6 heteroatoms. The van der Waals surface area contributed by atoms with Crippen molar-refractivity contribution in [1.29, 1.82) is 0 Å². The van der Waals surface area contributed by atoms with Gasteiger partial charge in [0.2, 0.25) is 0 Å². The average Bonchev–Trinajstić information content (AvgIpc) is 1.82. The van der Waals surface area contributed by atoms with E-state index in [0.717, 1.165) is 7.11 Å². The van der Waals surface area contributed by atoms with Gasteiger partial charge in [0.1, 0.15) is 0 Å². The molecule has 1 atom stereocenters. The number of rotatable bonds is 2. The maximum absolute atomic E-state index is 11.1. The normalized spacial score (nSPS) is 28.7. The SMILES string of the molecule is COP(=O)(O)[N+]1([O-])CCC1. The van der Waals surface area contributed by atoms with Crippen molar-refractivity contribution in [3.05, 3.63) is 5.21 Å². The molecule has 0 radical (unpaired) electrons. The molecule has 0 spiro atoms. The Labute approximate surface area is 59.0 Å². The van der Waals surface area contributed by atoms with E-state index in [4.69, 9.17) is 4.89 Å². The van der Waals surface area contributed by atoms with Gasteiger partial charge in [-0.2, -0.15) is 0 Å². The van der Waals surface area contributed by atoms with Crippen molar-refractivity contribution in [2.24, 2.45) is 0 Å². The lowest BCUT2D eigenvalue weighted by Gasteiger charge is -2.49. The predicted molar refractivity (Wildman–Crippen MR) is 34.8 cm³/mol. The van der Waals surface area contributed by atoms with E-state index in [9.17, 15) is 9.77 Å². The molecular weight excluding hydrogens is 157 g/mol. The van der Waals surface area contributed by atoms with Crippen LogP contribution in [0.25, 0.3) is 0 Å². The summed E-state index contributed by atoms with van der Waals surface area (Å²) in [6.07, 6.45) is 0.706. The fourth-order valence-electron chi connectivity index (χ4n) is 0.830. The van der Waals surface area contributed by atoms with Gasteiger partial charge in [-0.15, -0.1) is 0 Å². The van der Waals surface area contributed by atoms with Gasteiger partial charge in [0.25, 0.3) is 0 Å². The highest BCUT2D eigenvalue weighted by Crippen LogP contribution is 2.55. The fraction of sp³-hybridized carbons (Fsp3) is 1.00. The quantitative estimate of drug-likeness (QED) is 0.478. The summed E-state index contributed by atoms with van der Waals surface area (Å²) < 4.78 is 14.0. The van der Waals surface area contributed by atoms with Crippen LogP contribution in [0.5, 0.6) is 0 Å². The van der Waals surface area contributed by atoms with E-state index in [2.05, 4.69) is 4.52 Å². The molecule has 0 bridgehead atoms. The zero-order chi connectivity index (χ0) is 7.83. The van der Waals surface area contributed by atoms with Crippen molar-refractivity contribution < 1.29 is 18.4 Å². The Morgan fingerprint density at radius 2 is 2.20 bits per heavy atom. The lowest BCUT2D eigenvalue weighted by molar-refractivity contribution is -0.814. The summed E-state index contributed by atoms with van der Waals surface area (Å²) in [7, 11) is -2.83. The van der Waals surface area contributed by atoms with Crippen LogP contribution >= 0.6 is 7.75 Å². The van der Waals surface area contributed by atoms with Gasteiger partial charge in [-0.3, -0.25) is 13.8 Å². The first kappa shape index (κ1) is 8.17. The summed E-state index contributed by atoms with van der Waals surface area (Å²) >= 11 is 0. The van der Waals surface area contributed by atoms with Crippen LogP contribution in [0, 0.1) is 5.21 Å². The average molecular weight is 167 g/mol. The second kappa shape index (κ2) is 2.29. The first-order valence-electron chi connectivity index (χ1n) is 2.99. The van der Waals surface area contributed by atoms with Gasteiger partial charge < -0.3 is 5.21 Å². The Balaban J connectivity index is 2.71. The third-order valence-electron chi connectivity index (χ3n) is 1.71. The molecule has 1 aliphatic rings. The molecule has 0 aliphatic carbocycles. The second-order valence-corrected chi connectivity index (χ2v) is 4.40. The van der Waals surface area contributed by atoms with Crippen LogP contribution in [-0.4, -0.2) is 29.5 Å². The van der Waals surface area contributed by atoms with Gasteiger partial charge in [-0.1, -0.05) is 0 Å². The van der Waals surface area contributed by atoms with E-state index < -0.39 is 12.2 Å². The van der Waals surface area contributed by atoms with Crippen LogP contribution < -0.4 is 0 Å². The standard InChI is InChI=1S/C4H10NO4P/c1-9-10(7,8)5(6)3-2-4-5/h2-4H2,1H3,(H,7,8). The third-order valence-corrected chi connectivity index (χ3v) is 3.51. The lowest BCUT2D eigenvalue weighted by atomic mass is 10.3. The van der Waals surface area contributed by atoms with Crippen LogP contribution in [0.2, 0.25) is 0 Å². The van der Waals surface area contributed by atoms with Crippen molar-refractivity contribution in [1.82, 2.24) is 0 Å². The van der Waals surface area contributed by atoms with Crippen LogP contribution in [0.4, 0.5) is 0 Å². The smallest absolute Gasteiger partial charge is 0.528 e. The molecule has 0 amide bonds. The molecule has 60 valence electrons. The maximum Gasteiger partial charge on any atom is 0.528 e. The molecule has 0 saturated carbocycles. The van der Waals surface area contributed by atoms with Crippen LogP contribution in [0.3, 0.4) is 0 Å². The molecule has 1 heterocycles. The first-order chi connectivity index (χ1) is 4.52. The number of nitrogens with zero attached hydrogens (tertiary/aromatic N) is 1. The van der Waals surface area contributed by atoms with Crippen molar-refractivity contribution in [3.8, 4) is 0 Å². The second-order valence-electron chi connectivity index (χ2n) is 2.32. The lowest BCUT2D eigenvalue weighted by Crippen LogP contribution is -2.49. The molecule has 0 aromatic heterocycles. The summed E-state index contributed by atoms with van der Waals surface area (Å²) in [5.74, 6) is 0. The number of hydrogen-bond acceptors (Lipinski definition) is 3. The monoisotopic (exact) mass is 167 g/mol. The van der Waals surface area contributed by atoms with E-state index in [1.54, 1.807) is 0 Å². The summed E-state index contributed by atoms with van der Waals surface area (Å²) in [5, 5.41) is 11.1. The Morgan fingerprint density at radius 1 is 1.70 bits per heavy atom.